The van der Waals surface area contributed by atoms with Crippen molar-refractivity contribution in [3.8, 4) is 5.75 Å². The van der Waals surface area contributed by atoms with Crippen molar-refractivity contribution < 1.29 is 23.9 Å². The van der Waals surface area contributed by atoms with Crippen LogP contribution in [0.15, 0.2) is 18.2 Å². The summed E-state index contributed by atoms with van der Waals surface area (Å²) in [6.45, 7) is 6.99. The summed E-state index contributed by atoms with van der Waals surface area (Å²) in [5.41, 5.74) is 1.49. The highest BCUT2D eigenvalue weighted by molar-refractivity contribution is 6.03. The zero-order chi connectivity index (χ0) is 21.8. The molecule has 1 aromatic rings. The summed E-state index contributed by atoms with van der Waals surface area (Å²) in [5.74, 6) is -0.800. The summed E-state index contributed by atoms with van der Waals surface area (Å²) in [6, 6.07) is 5.63. The highest BCUT2D eigenvalue weighted by Gasteiger charge is 2.35. The summed E-state index contributed by atoms with van der Waals surface area (Å²) >= 11 is 0. The number of ether oxygens (including phenoxy) is 2. The Labute approximate surface area is 178 Å². The van der Waals surface area contributed by atoms with E-state index in [-0.39, 0.29) is 30.3 Å². The Kier molecular flexibility index (Phi) is 7.00. The van der Waals surface area contributed by atoms with Gasteiger partial charge in [0, 0.05) is 6.04 Å². The van der Waals surface area contributed by atoms with E-state index in [1.165, 1.54) is 11.3 Å². The van der Waals surface area contributed by atoms with Crippen molar-refractivity contribution in [3.63, 3.8) is 0 Å². The van der Waals surface area contributed by atoms with E-state index in [2.05, 4.69) is 5.32 Å². The summed E-state index contributed by atoms with van der Waals surface area (Å²) in [4.78, 5) is 39.5. The van der Waals surface area contributed by atoms with Gasteiger partial charge in [-0.3, -0.25) is 19.3 Å². The summed E-state index contributed by atoms with van der Waals surface area (Å²) < 4.78 is 11.2. The van der Waals surface area contributed by atoms with Gasteiger partial charge < -0.3 is 14.8 Å². The van der Waals surface area contributed by atoms with Gasteiger partial charge in [-0.1, -0.05) is 39.2 Å². The first kappa shape index (κ1) is 22.1. The highest BCUT2D eigenvalue weighted by atomic mass is 16.5. The summed E-state index contributed by atoms with van der Waals surface area (Å²) in [6.07, 6.45) is 3.75. The van der Waals surface area contributed by atoms with Crippen molar-refractivity contribution in [3.05, 3.63) is 23.8 Å². The molecule has 0 bridgehead atoms. The van der Waals surface area contributed by atoms with Gasteiger partial charge >= 0.3 is 5.97 Å². The van der Waals surface area contributed by atoms with Crippen LogP contribution in [0.2, 0.25) is 0 Å². The fraction of sp³-hybridized carbons (Fsp3) is 0.609. The molecule has 7 heteroatoms. The lowest BCUT2D eigenvalue weighted by atomic mass is 9.95. The lowest BCUT2D eigenvalue weighted by Crippen LogP contribution is -2.49. The number of hydrogen-bond acceptors (Lipinski definition) is 5. The minimum atomic E-state index is -0.884. The van der Waals surface area contributed by atoms with Crippen molar-refractivity contribution in [2.75, 3.05) is 11.4 Å². The number of benzene rings is 1. The van der Waals surface area contributed by atoms with Gasteiger partial charge in [0.15, 0.2) is 12.2 Å². The van der Waals surface area contributed by atoms with Gasteiger partial charge in [0.25, 0.3) is 11.8 Å². The second-order valence-electron chi connectivity index (χ2n) is 8.65. The average Bonchev–Trinajstić information content (AvgIpc) is 2.70. The number of fused-ring (bicyclic) bond motifs is 1. The molecule has 7 nitrogen and oxygen atoms in total. The van der Waals surface area contributed by atoms with Gasteiger partial charge in [-0.15, -0.1) is 0 Å². The molecule has 1 saturated carbocycles. The first-order valence-electron chi connectivity index (χ1n) is 10.8. The molecule has 2 aliphatic rings. The standard InChI is InChI=1S/C23H32N2O5/c1-14(2)21(22(27)24-17-8-6-5-7-9-17)30-20(26)13-25-18-12-15(3)10-11-19(18)29-16(4)23(25)28/h10-12,14,16-17,21H,5-9,13H2,1-4H3,(H,24,27)/t16-,21+/m1/s1. The molecule has 1 N–H and O–H groups in total. The Hall–Kier alpha value is -2.57. The van der Waals surface area contributed by atoms with Crippen LogP contribution in [-0.2, 0) is 19.1 Å². The molecular weight excluding hydrogens is 384 g/mol. The third-order valence-corrected chi connectivity index (χ3v) is 5.68. The largest absolute Gasteiger partial charge is 0.479 e. The molecule has 1 heterocycles. The molecule has 2 amide bonds. The summed E-state index contributed by atoms with van der Waals surface area (Å²) in [5, 5.41) is 3.03. The number of carbonyl (C=O) groups is 3. The van der Waals surface area contributed by atoms with E-state index in [9.17, 15) is 14.4 Å². The fourth-order valence-electron chi connectivity index (χ4n) is 4.01. The molecule has 2 atom stereocenters. The number of nitrogens with zero attached hydrogens (tertiary/aromatic N) is 1. The zero-order valence-electron chi connectivity index (χ0n) is 18.3. The van der Waals surface area contributed by atoms with Gasteiger partial charge in [-0.2, -0.15) is 0 Å². The van der Waals surface area contributed by atoms with Crippen LogP contribution in [0, 0.1) is 12.8 Å². The van der Waals surface area contributed by atoms with Gasteiger partial charge in [-0.25, -0.2) is 0 Å². The number of aryl methyl sites for hydroxylation is 1. The number of anilines is 1. The average molecular weight is 417 g/mol. The number of amides is 2. The molecule has 1 aliphatic heterocycles. The third kappa shape index (κ3) is 5.12. The molecule has 3 rings (SSSR count). The van der Waals surface area contributed by atoms with Crippen LogP contribution in [0.25, 0.3) is 0 Å². The normalized spacial score (nSPS) is 20.4. The van der Waals surface area contributed by atoms with Gasteiger partial charge in [0.1, 0.15) is 12.3 Å². The second-order valence-corrected chi connectivity index (χ2v) is 8.65. The molecule has 0 aromatic heterocycles. The van der Waals surface area contributed by atoms with Crippen LogP contribution in [-0.4, -0.2) is 42.6 Å². The lowest BCUT2D eigenvalue weighted by Gasteiger charge is -2.33. The van der Waals surface area contributed by atoms with Crippen molar-refractivity contribution in [2.24, 2.45) is 5.92 Å². The van der Waals surface area contributed by atoms with Gasteiger partial charge in [0.05, 0.1) is 5.69 Å². The Morgan fingerprint density at radius 3 is 2.60 bits per heavy atom. The topological polar surface area (TPSA) is 84.9 Å². The molecule has 30 heavy (non-hydrogen) atoms. The Bertz CT molecular complexity index is 801. The number of hydrogen-bond donors (Lipinski definition) is 1. The first-order chi connectivity index (χ1) is 14.3. The molecular formula is C23H32N2O5. The minimum Gasteiger partial charge on any atom is -0.479 e. The molecule has 1 fully saturated rings. The third-order valence-electron chi connectivity index (χ3n) is 5.68. The first-order valence-corrected chi connectivity index (χ1v) is 10.8. The van der Waals surface area contributed by atoms with Crippen LogP contribution in [0.5, 0.6) is 5.75 Å². The number of carbonyl (C=O) groups excluding carboxylic acids is 3. The van der Waals surface area contributed by atoms with Gasteiger partial charge in [0.2, 0.25) is 0 Å². The van der Waals surface area contributed by atoms with Crippen LogP contribution in [0.3, 0.4) is 0 Å². The maximum atomic E-state index is 12.8. The fourth-order valence-corrected chi connectivity index (χ4v) is 4.01. The van der Waals surface area contributed by atoms with Crippen molar-refractivity contribution >= 4 is 23.5 Å². The van der Waals surface area contributed by atoms with Crippen molar-refractivity contribution in [2.45, 2.75) is 78.0 Å². The minimum absolute atomic E-state index is 0.141. The number of esters is 1. The van der Waals surface area contributed by atoms with E-state index in [0.29, 0.717) is 11.4 Å². The SMILES string of the molecule is Cc1ccc2c(c1)N(CC(=O)O[C@H](C(=O)NC1CCCCC1)C(C)C)C(=O)[C@@H](C)O2. The van der Waals surface area contributed by atoms with E-state index in [4.69, 9.17) is 9.47 Å². The van der Waals surface area contributed by atoms with E-state index < -0.39 is 18.2 Å². The molecule has 0 saturated heterocycles. The maximum absolute atomic E-state index is 12.8. The van der Waals surface area contributed by atoms with Crippen LogP contribution >= 0.6 is 0 Å². The molecule has 1 aromatic carbocycles. The molecule has 0 radical (unpaired) electrons. The number of rotatable bonds is 6. The van der Waals surface area contributed by atoms with Crippen molar-refractivity contribution in [1.29, 1.82) is 0 Å². The van der Waals surface area contributed by atoms with Gasteiger partial charge in [-0.05, 0) is 50.3 Å². The van der Waals surface area contributed by atoms with Crippen LogP contribution in [0.4, 0.5) is 5.69 Å². The molecule has 0 unspecified atom stereocenters. The smallest absolute Gasteiger partial charge is 0.326 e. The van der Waals surface area contributed by atoms with Crippen LogP contribution in [0.1, 0.15) is 58.4 Å². The molecule has 164 valence electrons. The molecule has 1 aliphatic carbocycles. The molecule has 0 spiro atoms. The Balaban J connectivity index is 1.68. The van der Waals surface area contributed by atoms with E-state index in [0.717, 1.165) is 31.2 Å². The second kappa shape index (κ2) is 9.49. The Morgan fingerprint density at radius 1 is 1.23 bits per heavy atom. The van der Waals surface area contributed by atoms with Crippen LogP contribution < -0.4 is 15.0 Å². The monoisotopic (exact) mass is 416 g/mol. The summed E-state index contributed by atoms with van der Waals surface area (Å²) in [7, 11) is 0. The quantitative estimate of drug-likeness (QED) is 0.720. The zero-order valence-corrected chi connectivity index (χ0v) is 18.3. The predicted octanol–water partition coefficient (Wildman–Crippen LogP) is 3.13. The highest BCUT2D eigenvalue weighted by Crippen LogP contribution is 2.34. The number of nitrogens with one attached hydrogen (secondary N) is 1. The maximum Gasteiger partial charge on any atom is 0.326 e. The Morgan fingerprint density at radius 2 is 1.93 bits per heavy atom. The van der Waals surface area contributed by atoms with E-state index in [1.807, 2.05) is 32.9 Å². The van der Waals surface area contributed by atoms with E-state index in [1.54, 1.807) is 13.0 Å². The lowest BCUT2D eigenvalue weighted by molar-refractivity contribution is -0.158. The van der Waals surface area contributed by atoms with Crippen molar-refractivity contribution in [1.82, 2.24) is 5.32 Å². The van der Waals surface area contributed by atoms with E-state index >= 15 is 0 Å². The predicted molar refractivity (Wildman–Crippen MR) is 113 cm³/mol.